The molecular weight excluding hydrogens is 338 g/mol. The molecule has 0 heterocycles. The van der Waals surface area contributed by atoms with Crippen LogP contribution in [0.4, 0.5) is 0 Å². The van der Waals surface area contributed by atoms with E-state index in [-0.39, 0.29) is 18.0 Å². The van der Waals surface area contributed by atoms with E-state index in [1.54, 1.807) is 13.0 Å². The molecule has 0 atom stereocenters. The number of benzene rings is 3. The molecule has 3 aromatic carbocycles. The molecule has 0 unspecified atom stereocenters. The average molecular weight is 359 g/mol. The van der Waals surface area contributed by atoms with Crippen LogP contribution in [0.3, 0.4) is 0 Å². The Hall–Kier alpha value is -3.40. The fourth-order valence-electron chi connectivity index (χ4n) is 2.86. The van der Waals surface area contributed by atoms with Crippen LogP contribution in [-0.4, -0.2) is 18.4 Å². The van der Waals surface area contributed by atoms with Gasteiger partial charge in [0.1, 0.15) is 5.57 Å². The number of carbonyl (C=O) groups excluding carboxylic acids is 2. The van der Waals surface area contributed by atoms with Gasteiger partial charge >= 0.3 is 5.97 Å². The van der Waals surface area contributed by atoms with Gasteiger partial charge in [-0.25, -0.2) is 4.79 Å². The lowest BCUT2D eigenvalue weighted by atomic mass is 9.97. The number of hydrogen-bond donors (Lipinski definition) is 1. The Balaban J connectivity index is 1.91. The molecule has 0 saturated carbocycles. The summed E-state index contributed by atoms with van der Waals surface area (Å²) in [6, 6.07) is 22.8. The standard InChI is InChI=1S/C23H21NO3/c1-2-27-23(26)21(16-24-15-17-9-4-3-5-10-17)22(25)20-14-8-12-18-11-6-7-13-19(18)20/h3-14,16,24H,2,15H2,1H3. The number of hydrogen-bond acceptors (Lipinski definition) is 4. The van der Waals surface area contributed by atoms with E-state index < -0.39 is 5.97 Å². The summed E-state index contributed by atoms with van der Waals surface area (Å²) < 4.78 is 5.09. The van der Waals surface area contributed by atoms with Crippen LogP contribution in [0.5, 0.6) is 0 Å². The third-order valence-corrected chi connectivity index (χ3v) is 4.17. The molecule has 3 aromatic rings. The number of ketones is 1. The summed E-state index contributed by atoms with van der Waals surface area (Å²) in [5.41, 5.74) is 1.52. The van der Waals surface area contributed by atoms with E-state index in [0.29, 0.717) is 12.1 Å². The van der Waals surface area contributed by atoms with Crippen LogP contribution < -0.4 is 5.32 Å². The van der Waals surface area contributed by atoms with Crippen molar-refractivity contribution in [3.05, 3.63) is 95.7 Å². The molecule has 0 spiro atoms. The van der Waals surface area contributed by atoms with Crippen molar-refractivity contribution in [3.8, 4) is 0 Å². The van der Waals surface area contributed by atoms with Crippen molar-refractivity contribution >= 4 is 22.5 Å². The molecule has 4 nitrogen and oxygen atoms in total. The second-order valence-electron chi connectivity index (χ2n) is 6.00. The van der Waals surface area contributed by atoms with Crippen LogP contribution in [0.1, 0.15) is 22.8 Å². The normalized spacial score (nSPS) is 11.2. The van der Waals surface area contributed by atoms with Gasteiger partial charge in [-0.05, 0) is 23.3 Å². The minimum Gasteiger partial charge on any atom is -0.462 e. The first-order valence-corrected chi connectivity index (χ1v) is 8.87. The molecule has 3 rings (SSSR count). The van der Waals surface area contributed by atoms with Gasteiger partial charge in [-0.3, -0.25) is 4.79 Å². The maximum atomic E-state index is 13.1. The number of ether oxygens (including phenoxy) is 1. The number of fused-ring (bicyclic) bond motifs is 1. The van der Waals surface area contributed by atoms with E-state index in [9.17, 15) is 9.59 Å². The Morgan fingerprint density at radius 2 is 1.63 bits per heavy atom. The second-order valence-corrected chi connectivity index (χ2v) is 6.00. The van der Waals surface area contributed by atoms with Crippen LogP contribution in [0.25, 0.3) is 10.8 Å². The van der Waals surface area contributed by atoms with E-state index in [1.807, 2.05) is 66.7 Å². The summed E-state index contributed by atoms with van der Waals surface area (Å²) in [6.45, 7) is 2.43. The first kappa shape index (κ1) is 18.4. The zero-order valence-corrected chi connectivity index (χ0v) is 15.1. The minimum atomic E-state index is -0.629. The van der Waals surface area contributed by atoms with E-state index in [0.717, 1.165) is 16.3 Å². The summed E-state index contributed by atoms with van der Waals surface area (Å²) in [7, 11) is 0. The van der Waals surface area contributed by atoms with Gasteiger partial charge in [-0.1, -0.05) is 72.8 Å². The van der Waals surface area contributed by atoms with E-state index in [4.69, 9.17) is 4.74 Å². The highest BCUT2D eigenvalue weighted by molar-refractivity contribution is 6.27. The van der Waals surface area contributed by atoms with Crippen molar-refractivity contribution in [2.75, 3.05) is 6.61 Å². The molecule has 0 amide bonds. The van der Waals surface area contributed by atoms with Crippen molar-refractivity contribution in [3.63, 3.8) is 0 Å². The highest BCUT2D eigenvalue weighted by Crippen LogP contribution is 2.21. The van der Waals surface area contributed by atoms with Gasteiger partial charge in [0.15, 0.2) is 0 Å². The Kier molecular flexibility index (Phi) is 6.00. The predicted octanol–water partition coefficient (Wildman–Crippen LogP) is 4.26. The average Bonchev–Trinajstić information content (AvgIpc) is 2.71. The summed E-state index contributed by atoms with van der Waals surface area (Å²) in [5, 5.41) is 4.81. The number of esters is 1. The summed E-state index contributed by atoms with van der Waals surface area (Å²) in [6.07, 6.45) is 1.45. The van der Waals surface area contributed by atoms with Gasteiger partial charge in [0, 0.05) is 18.3 Å². The zero-order valence-electron chi connectivity index (χ0n) is 15.1. The molecule has 0 aliphatic heterocycles. The van der Waals surface area contributed by atoms with Crippen LogP contribution in [0.15, 0.2) is 84.6 Å². The van der Waals surface area contributed by atoms with Crippen molar-refractivity contribution < 1.29 is 14.3 Å². The van der Waals surface area contributed by atoms with E-state index >= 15 is 0 Å². The zero-order chi connectivity index (χ0) is 19.1. The highest BCUT2D eigenvalue weighted by Gasteiger charge is 2.22. The Bertz CT molecular complexity index is 972. The van der Waals surface area contributed by atoms with Crippen molar-refractivity contribution in [1.82, 2.24) is 5.32 Å². The van der Waals surface area contributed by atoms with Crippen molar-refractivity contribution in [1.29, 1.82) is 0 Å². The molecular formula is C23H21NO3. The molecule has 0 aliphatic carbocycles. The minimum absolute atomic E-state index is 0.0101. The van der Waals surface area contributed by atoms with Gasteiger partial charge in [0.05, 0.1) is 6.61 Å². The maximum absolute atomic E-state index is 13.1. The molecule has 136 valence electrons. The molecule has 0 radical (unpaired) electrons. The molecule has 0 saturated heterocycles. The highest BCUT2D eigenvalue weighted by atomic mass is 16.5. The number of Topliss-reactive ketones (excluding diaryl/α,β-unsaturated/α-hetero) is 1. The molecule has 1 N–H and O–H groups in total. The lowest BCUT2D eigenvalue weighted by Gasteiger charge is -2.10. The molecule has 4 heteroatoms. The maximum Gasteiger partial charge on any atom is 0.343 e. The van der Waals surface area contributed by atoms with Gasteiger partial charge < -0.3 is 10.1 Å². The summed E-state index contributed by atoms with van der Waals surface area (Å²) in [5.74, 6) is -0.984. The fourth-order valence-corrected chi connectivity index (χ4v) is 2.86. The smallest absolute Gasteiger partial charge is 0.343 e. The molecule has 27 heavy (non-hydrogen) atoms. The topological polar surface area (TPSA) is 55.4 Å². The lowest BCUT2D eigenvalue weighted by Crippen LogP contribution is -2.20. The lowest BCUT2D eigenvalue weighted by molar-refractivity contribution is -0.138. The van der Waals surface area contributed by atoms with Crippen LogP contribution >= 0.6 is 0 Å². The van der Waals surface area contributed by atoms with Gasteiger partial charge in [0.2, 0.25) is 5.78 Å². The molecule has 0 aliphatic rings. The quantitative estimate of drug-likeness (QED) is 0.225. The van der Waals surface area contributed by atoms with Crippen molar-refractivity contribution in [2.45, 2.75) is 13.5 Å². The fraction of sp³-hybridized carbons (Fsp3) is 0.130. The third kappa shape index (κ3) is 4.42. The Labute approximate surface area is 158 Å². The molecule has 0 fully saturated rings. The van der Waals surface area contributed by atoms with Crippen LogP contribution in [0, 0.1) is 0 Å². The SMILES string of the molecule is CCOC(=O)C(=CNCc1ccccc1)C(=O)c1cccc2ccccc12. The largest absolute Gasteiger partial charge is 0.462 e. The first-order chi connectivity index (χ1) is 13.2. The van der Waals surface area contributed by atoms with Gasteiger partial charge in [-0.15, -0.1) is 0 Å². The Morgan fingerprint density at radius 3 is 2.41 bits per heavy atom. The number of carbonyl (C=O) groups is 2. The van der Waals surface area contributed by atoms with Crippen molar-refractivity contribution in [2.24, 2.45) is 0 Å². The van der Waals surface area contributed by atoms with Gasteiger partial charge in [0.25, 0.3) is 0 Å². The van der Waals surface area contributed by atoms with Gasteiger partial charge in [-0.2, -0.15) is 0 Å². The van der Waals surface area contributed by atoms with Crippen LogP contribution in [-0.2, 0) is 16.1 Å². The molecule has 0 bridgehead atoms. The monoisotopic (exact) mass is 359 g/mol. The predicted molar refractivity (Wildman–Crippen MR) is 106 cm³/mol. The summed E-state index contributed by atoms with van der Waals surface area (Å²) >= 11 is 0. The third-order valence-electron chi connectivity index (χ3n) is 4.17. The summed E-state index contributed by atoms with van der Waals surface area (Å²) in [4.78, 5) is 25.5. The number of nitrogens with one attached hydrogen (secondary N) is 1. The second kappa shape index (κ2) is 8.81. The molecule has 0 aromatic heterocycles. The van der Waals surface area contributed by atoms with E-state index in [1.165, 1.54) is 6.20 Å². The first-order valence-electron chi connectivity index (χ1n) is 8.87. The van der Waals surface area contributed by atoms with Crippen LogP contribution in [0.2, 0.25) is 0 Å². The van der Waals surface area contributed by atoms with E-state index in [2.05, 4.69) is 5.32 Å². The Morgan fingerprint density at radius 1 is 0.926 bits per heavy atom. The number of rotatable bonds is 7.